The molecule has 108 valence electrons. The van der Waals surface area contributed by atoms with E-state index in [-0.39, 0.29) is 5.22 Å². The van der Waals surface area contributed by atoms with Gasteiger partial charge >= 0.3 is 0 Å². The number of methoxy groups -OCH3 is 1. The largest absolute Gasteiger partial charge is 0.496 e. The smallest absolute Gasteiger partial charge is 0.186 e. The molecule has 0 bridgehead atoms. The number of rotatable bonds is 4. The van der Waals surface area contributed by atoms with Crippen LogP contribution in [0.1, 0.15) is 0 Å². The van der Waals surface area contributed by atoms with Crippen LogP contribution in [0.5, 0.6) is 0 Å². The normalized spacial score (nSPS) is 17.4. The van der Waals surface area contributed by atoms with E-state index in [1.165, 1.54) is 7.11 Å². The fraction of sp³-hybridized carbons (Fsp3) is 0.429. The highest BCUT2D eigenvalue weighted by Crippen LogP contribution is 2.23. The second-order valence-electron chi connectivity index (χ2n) is 4.86. The van der Waals surface area contributed by atoms with Crippen LogP contribution in [0.25, 0.3) is 5.76 Å². The monoisotopic (exact) mass is 296 g/mol. The molecule has 0 saturated carbocycles. The van der Waals surface area contributed by atoms with Gasteiger partial charge in [-0.05, 0) is 26.2 Å². The predicted molar refractivity (Wildman–Crippen MR) is 77.8 cm³/mol. The van der Waals surface area contributed by atoms with Crippen LogP contribution in [0, 0.1) is 0 Å². The number of carbonyl (C=O) groups excluding carboxylic acids is 1. The van der Waals surface area contributed by atoms with Gasteiger partial charge in [-0.25, -0.2) is 4.79 Å². The van der Waals surface area contributed by atoms with Gasteiger partial charge in [0, 0.05) is 13.1 Å². The molecule has 5 nitrogen and oxygen atoms in total. The number of ether oxygens (including phenoxy) is 1. The Kier molecular flexibility index (Phi) is 4.35. The zero-order chi connectivity index (χ0) is 14.9. The summed E-state index contributed by atoms with van der Waals surface area (Å²) in [4.78, 5) is 14.9. The van der Waals surface area contributed by atoms with Gasteiger partial charge in [0.25, 0.3) is 0 Å². The van der Waals surface area contributed by atoms with Gasteiger partial charge in [-0.15, -0.1) is 0 Å². The van der Waals surface area contributed by atoms with E-state index in [2.05, 4.69) is 0 Å². The van der Waals surface area contributed by atoms with Gasteiger partial charge in [-0.1, -0.05) is 11.6 Å². The number of aliphatic hydroxyl groups is 1. The van der Waals surface area contributed by atoms with Crippen molar-refractivity contribution in [2.24, 2.45) is 0 Å². The van der Waals surface area contributed by atoms with Crippen LogP contribution in [-0.4, -0.2) is 56.5 Å². The lowest BCUT2D eigenvalue weighted by molar-refractivity contribution is 0.176. The molecule has 1 unspecified atom stereocenters. The van der Waals surface area contributed by atoms with Crippen LogP contribution >= 0.6 is 11.6 Å². The quantitative estimate of drug-likeness (QED) is 0.796. The van der Waals surface area contributed by atoms with Gasteiger partial charge in [0.15, 0.2) is 12.0 Å². The molecule has 0 radical (unpaired) electrons. The molecule has 20 heavy (non-hydrogen) atoms. The molecular weight excluding hydrogens is 280 g/mol. The minimum absolute atomic E-state index is 0.229. The van der Waals surface area contributed by atoms with Gasteiger partial charge in [0.2, 0.25) is 0 Å². The molecule has 1 aromatic rings. The maximum absolute atomic E-state index is 11.1. The van der Waals surface area contributed by atoms with Gasteiger partial charge < -0.3 is 19.6 Å². The van der Waals surface area contributed by atoms with Gasteiger partial charge in [0.05, 0.1) is 28.3 Å². The number of benzene rings is 1. The minimum atomic E-state index is -0.916. The van der Waals surface area contributed by atoms with Gasteiger partial charge in [-0.2, -0.15) is 0 Å². The molecular formula is C14H17ClN2O3. The van der Waals surface area contributed by atoms with Gasteiger partial charge in [0.1, 0.15) is 5.94 Å². The first kappa shape index (κ1) is 14.9. The number of hydrogen-bond donors (Lipinski definition) is 1. The van der Waals surface area contributed by atoms with Crippen molar-refractivity contribution in [3.05, 3.63) is 27.6 Å². The Labute approximate surface area is 122 Å². The summed E-state index contributed by atoms with van der Waals surface area (Å²) in [5.41, 5.74) is 0.735. The molecule has 1 aliphatic rings. The van der Waals surface area contributed by atoms with Crippen LogP contribution in [0.15, 0.2) is 12.1 Å². The first-order chi connectivity index (χ1) is 9.51. The van der Waals surface area contributed by atoms with Crippen molar-refractivity contribution in [2.75, 3.05) is 39.2 Å². The number of likely N-dealkylation sites (N-methyl/N-ethyl adjacent to an activating group) is 1. The molecule has 0 aromatic heterocycles. The van der Waals surface area contributed by atoms with Crippen molar-refractivity contribution < 1.29 is 14.6 Å². The number of aliphatic hydroxyl groups excluding tert-OH is 1. The standard InChI is InChI=1S/C14H17ClN2O3/c1-16(2)6-7-17-11-5-4-10(15)9(8-18)12(11)13(20-3)14(17)19/h4-5,14,19H,6-7H2,1-3H3. The first-order valence-corrected chi connectivity index (χ1v) is 6.60. The Balaban J connectivity index is 2.60. The lowest BCUT2D eigenvalue weighted by Crippen LogP contribution is -2.38. The summed E-state index contributed by atoms with van der Waals surface area (Å²) in [6.45, 7) is 1.37. The van der Waals surface area contributed by atoms with E-state index in [0.717, 1.165) is 12.2 Å². The molecule has 6 heteroatoms. The summed E-state index contributed by atoms with van der Waals surface area (Å²) >= 11 is 6.01. The first-order valence-electron chi connectivity index (χ1n) is 6.22. The molecule has 1 aliphatic heterocycles. The molecule has 0 fully saturated rings. The molecule has 0 aliphatic carbocycles. The summed E-state index contributed by atoms with van der Waals surface area (Å²) in [6, 6.07) is 3.41. The number of nitrogens with zero attached hydrogens (tertiary/aromatic N) is 2. The Morgan fingerprint density at radius 1 is 1.50 bits per heavy atom. The van der Waals surface area contributed by atoms with E-state index >= 15 is 0 Å². The number of hydrogen-bond acceptors (Lipinski definition) is 5. The van der Waals surface area contributed by atoms with E-state index in [0.29, 0.717) is 22.5 Å². The van der Waals surface area contributed by atoms with Crippen molar-refractivity contribution in [1.82, 2.24) is 4.90 Å². The van der Waals surface area contributed by atoms with E-state index in [4.69, 9.17) is 16.3 Å². The van der Waals surface area contributed by atoms with Crippen molar-refractivity contribution in [2.45, 2.75) is 6.23 Å². The van der Waals surface area contributed by atoms with Crippen LogP contribution in [0.3, 0.4) is 0 Å². The minimum Gasteiger partial charge on any atom is -0.496 e. The fourth-order valence-corrected chi connectivity index (χ4v) is 2.51. The predicted octanol–water partition coefficient (Wildman–Crippen LogP) is -0.702. The summed E-state index contributed by atoms with van der Waals surface area (Å²) < 4.78 is 5.26. The molecule has 0 spiro atoms. The third-order valence-corrected chi connectivity index (χ3v) is 3.64. The molecule has 1 atom stereocenters. The van der Waals surface area contributed by atoms with E-state index in [9.17, 15) is 9.90 Å². The summed E-state index contributed by atoms with van der Waals surface area (Å²) in [5, 5.41) is 11.4. The third kappa shape index (κ3) is 2.41. The second kappa shape index (κ2) is 5.85. The maximum Gasteiger partial charge on any atom is 0.186 e. The summed E-state index contributed by atoms with van der Waals surface area (Å²) in [6.07, 6.45) is -0.916. The SMILES string of the molecule is COC1=c2c(ccc(Cl)c2=C=O)N(CCN(C)C)C1O. The lowest BCUT2D eigenvalue weighted by atomic mass is 10.2. The average Bonchev–Trinajstić information content (AvgIpc) is 2.68. The zero-order valence-electron chi connectivity index (χ0n) is 11.7. The third-order valence-electron chi connectivity index (χ3n) is 3.33. The van der Waals surface area contributed by atoms with Crippen molar-refractivity contribution >= 4 is 29.0 Å². The van der Waals surface area contributed by atoms with E-state index < -0.39 is 6.23 Å². The zero-order valence-corrected chi connectivity index (χ0v) is 12.4. The van der Waals surface area contributed by atoms with Crippen molar-refractivity contribution in [3.8, 4) is 0 Å². The highest BCUT2D eigenvalue weighted by molar-refractivity contribution is 6.31. The van der Waals surface area contributed by atoms with Crippen molar-refractivity contribution in [1.29, 1.82) is 0 Å². The van der Waals surface area contributed by atoms with E-state index in [1.807, 2.05) is 24.9 Å². The Bertz CT molecular complexity index is 653. The lowest BCUT2D eigenvalue weighted by Gasteiger charge is -2.26. The highest BCUT2D eigenvalue weighted by Gasteiger charge is 2.31. The maximum atomic E-state index is 11.1. The summed E-state index contributed by atoms with van der Waals surface area (Å²) in [7, 11) is 5.38. The second-order valence-corrected chi connectivity index (χ2v) is 5.26. The molecule has 2 rings (SSSR count). The molecule has 1 N–H and O–H groups in total. The van der Waals surface area contributed by atoms with Crippen LogP contribution in [0.4, 0.5) is 5.69 Å². The van der Waals surface area contributed by atoms with E-state index in [1.54, 1.807) is 17.0 Å². The topological polar surface area (TPSA) is 53.0 Å². The molecule has 0 saturated heterocycles. The highest BCUT2D eigenvalue weighted by atomic mass is 35.5. The number of halogens is 1. The van der Waals surface area contributed by atoms with Crippen LogP contribution in [-0.2, 0) is 9.53 Å². The Morgan fingerprint density at radius 3 is 2.75 bits per heavy atom. The average molecular weight is 297 g/mol. The Morgan fingerprint density at radius 2 is 2.20 bits per heavy atom. The van der Waals surface area contributed by atoms with Gasteiger partial charge in [-0.3, -0.25) is 0 Å². The number of anilines is 1. The van der Waals surface area contributed by atoms with Crippen molar-refractivity contribution in [3.63, 3.8) is 0 Å². The molecule has 1 heterocycles. The fourth-order valence-electron chi connectivity index (χ4n) is 2.32. The molecule has 1 aromatic carbocycles. The summed E-state index contributed by atoms with van der Waals surface area (Å²) in [5.74, 6) is 2.17. The Hall–Kier alpha value is -1.52. The molecule has 0 amide bonds. The number of fused-ring (bicyclic) bond motifs is 1. The van der Waals surface area contributed by atoms with Crippen LogP contribution in [0.2, 0.25) is 5.02 Å². The van der Waals surface area contributed by atoms with Crippen LogP contribution < -0.4 is 15.3 Å².